The molecule has 1 atom stereocenters. The van der Waals surface area contributed by atoms with E-state index in [2.05, 4.69) is 45.0 Å². The van der Waals surface area contributed by atoms with Crippen molar-refractivity contribution in [1.29, 1.82) is 0 Å². The Kier molecular flexibility index (Phi) is 2.96. The van der Waals surface area contributed by atoms with E-state index in [1.807, 2.05) is 0 Å². The van der Waals surface area contributed by atoms with Crippen LogP contribution in [0.5, 0.6) is 0 Å². The van der Waals surface area contributed by atoms with Gasteiger partial charge in [-0.25, -0.2) is 0 Å². The van der Waals surface area contributed by atoms with Gasteiger partial charge in [0.25, 0.3) is 0 Å². The summed E-state index contributed by atoms with van der Waals surface area (Å²) in [6, 6.07) is 8.37. The summed E-state index contributed by atoms with van der Waals surface area (Å²) in [7, 11) is 0. The minimum absolute atomic E-state index is 0.00256. The van der Waals surface area contributed by atoms with Crippen LogP contribution in [0.25, 0.3) is 0 Å². The monoisotopic (exact) mass is 284 g/mol. The molecule has 4 rings (SSSR count). The molecule has 1 amide bonds. The van der Waals surface area contributed by atoms with Crippen molar-refractivity contribution < 1.29 is 9.32 Å². The fourth-order valence-electron chi connectivity index (χ4n) is 3.04. The number of carbonyl (C=O) groups is 1. The molecule has 0 bridgehead atoms. The molecule has 0 spiro atoms. The highest BCUT2D eigenvalue weighted by Crippen LogP contribution is 2.32. The first kappa shape index (κ1) is 12.5. The highest BCUT2D eigenvalue weighted by atomic mass is 16.5. The van der Waals surface area contributed by atoms with E-state index in [1.165, 1.54) is 11.1 Å². The van der Waals surface area contributed by atoms with Crippen LogP contribution in [-0.2, 0) is 17.6 Å². The van der Waals surface area contributed by atoms with Crippen LogP contribution in [0.4, 0.5) is 0 Å². The summed E-state index contributed by atoms with van der Waals surface area (Å²) in [4.78, 5) is 15.7. The Hall–Kier alpha value is -2.21. The second-order valence-electron chi connectivity index (χ2n) is 5.60. The standard InChI is InChI=1S/C15H16N4O2/c20-13-8-16-12(7-17-13)15-18-14(19-21-15)11-5-9-3-1-2-4-10(9)6-11/h1-4,11-12,16H,5-8H2,(H,17,20). The minimum atomic E-state index is -0.0901. The average molecular weight is 284 g/mol. The first-order chi connectivity index (χ1) is 10.3. The largest absolute Gasteiger partial charge is 0.353 e. The fourth-order valence-corrected chi connectivity index (χ4v) is 3.04. The normalized spacial score (nSPS) is 22.1. The Labute approximate surface area is 121 Å². The van der Waals surface area contributed by atoms with Gasteiger partial charge in [0.2, 0.25) is 11.8 Å². The third-order valence-electron chi connectivity index (χ3n) is 4.18. The van der Waals surface area contributed by atoms with E-state index >= 15 is 0 Å². The van der Waals surface area contributed by atoms with E-state index in [0.717, 1.165) is 18.7 Å². The number of nitrogens with one attached hydrogen (secondary N) is 2. The zero-order valence-electron chi connectivity index (χ0n) is 11.5. The first-order valence-corrected chi connectivity index (χ1v) is 7.20. The van der Waals surface area contributed by atoms with Crippen LogP contribution in [0.2, 0.25) is 0 Å². The van der Waals surface area contributed by atoms with Crippen molar-refractivity contribution in [2.24, 2.45) is 0 Å². The number of carbonyl (C=O) groups excluding carboxylic acids is 1. The summed E-state index contributed by atoms with van der Waals surface area (Å²) in [5.74, 6) is 1.61. The molecule has 6 nitrogen and oxygen atoms in total. The highest BCUT2D eigenvalue weighted by molar-refractivity contribution is 5.78. The maximum atomic E-state index is 11.1. The molecule has 1 aliphatic heterocycles. The van der Waals surface area contributed by atoms with Crippen LogP contribution in [-0.4, -0.2) is 29.1 Å². The minimum Gasteiger partial charge on any atom is -0.353 e. The summed E-state index contributed by atoms with van der Waals surface area (Å²) in [5, 5.41) is 10.0. The molecule has 1 unspecified atom stereocenters. The van der Waals surface area contributed by atoms with Crippen LogP contribution in [0.3, 0.4) is 0 Å². The summed E-state index contributed by atoms with van der Waals surface area (Å²) in [6.07, 6.45) is 1.92. The molecular weight excluding hydrogens is 268 g/mol. The summed E-state index contributed by atoms with van der Waals surface area (Å²) >= 11 is 0. The van der Waals surface area contributed by atoms with Crippen LogP contribution < -0.4 is 10.6 Å². The smallest absolute Gasteiger partial charge is 0.245 e. The molecule has 0 radical (unpaired) electrons. The maximum absolute atomic E-state index is 11.1. The van der Waals surface area contributed by atoms with Crippen molar-refractivity contribution in [3.8, 4) is 0 Å². The Morgan fingerprint density at radius 2 is 1.95 bits per heavy atom. The van der Waals surface area contributed by atoms with Gasteiger partial charge in [-0.1, -0.05) is 29.4 Å². The van der Waals surface area contributed by atoms with E-state index in [1.54, 1.807) is 0 Å². The molecule has 6 heteroatoms. The predicted molar refractivity (Wildman–Crippen MR) is 74.6 cm³/mol. The number of benzene rings is 1. The number of hydrogen-bond acceptors (Lipinski definition) is 5. The van der Waals surface area contributed by atoms with Gasteiger partial charge >= 0.3 is 0 Å². The van der Waals surface area contributed by atoms with Gasteiger partial charge in [0.1, 0.15) is 6.04 Å². The third-order valence-corrected chi connectivity index (χ3v) is 4.18. The quantitative estimate of drug-likeness (QED) is 0.849. The molecule has 0 saturated carbocycles. The molecule has 1 aromatic heterocycles. The van der Waals surface area contributed by atoms with Crippen molar-refractivity contribution in [2.75, 3.05) is 13.1 Å². The van der Waals surface area contributed by atoms with E-state index in [-0.39, 0.29) is 24.4 Å². The van der Waals surface area contributed by atoms with E-state index in [9.17, 15) is 4.79 Å². The molecule has 1 aromatic carbocycles. The van der Waals surface area contributed by atoms with Crippen LogP contribution in [0.1, 0.15) is 34.8 Å². The topological polar surface area (TPSA) is 80.1 Å². The maximum Gasteiger partial charge on any atom is 0.245 e. The van der Waals surface area contributed by atoms with Gasteiger partial charge in [0.05, 0.1) is 6.54 Å². The van der Waals surface area contributed by atoms with Gasteiger partial charge in [-0.2, -0.15) is 4.98 Å². The fraction of sp³-hybridized carbons (Fsp3) is 0.400. The Morgan fingerprint density at radius 3 is 2.62 bits per heavy atom. The van der Waals surface area contributed by atoms with Crippen molar-refractivity contribution in [3.05, 3.63) is 47.1 Å². The third kappa shape index (κ3) is 2.31. The molecule has 1 aliphatic carbocycles. The van der Waals surface area contributed by atoms with Crippen molar-refractivity contribution in [3.63, 3.8) is 0 Å². The average Bonchev–Trinajstić information content (AvgIpc) is 3.14. The van der Waals surface area contributed by atoms with Gasteiger partial charge < -0.3 is 9.84 Å². The van der Waals surface area contributed by atoms with Crippen molar-refractivity contribution in [2.45, 2.75) is 24.8 Å². The van der Waals surface area contributed by atoms with Gasteiger partial charge in [-0.3, -0.25) is 10.1 Å². The molecule has 21 heavy (non-hydrogen) atoms. The lowest BCUT2D eigenvalue weighted by atomic mass is 10.1. The van der Waals surface area contributed by atoms with E-state index in [0.29, 0.717) is 12.4 Å². The molecular formula is C15H16N4O2. The second kappa shape index (κ2) is 4.96. The van der Waals surface area contributed by atoms with E-state index < -0.39 is 0 Å². The van der Waals surface area contributed by atoms with Crippen LogP contribution in [0, 0.1) is 0 Å². The van der Waals surface area contributed by atoms with Gasteiger partial charge in [0.15, 0.2) is 5.82 Å². The van der Waals surface area contributed by atoms with Crippen LogP contribution in [0.15, 0.2) is 28.8 Å². The summed E-state index contributed by atoms with van der Waals surface area (Å²) in [5.41, 5.74) is 2.74. The highest BCUT2D eigenvalue weighted by Gasteiger charge is 2.29. The lowest BCUT2D eigenvalue weighted by molar-refractivity contribution is -0.121. The molecule has 108 valence electrons. The lowest BCUT2D eigenvalue weighted by Gasteiger charge is -2.20. The number of hydrogen-bond donors (Lipinski definition) is 2. The molecule has 2 aliphatic rings. The number of fused-ring (bicyclic) bond motifs is 1. The van der Waals surface area contributed by atoms with Gasteiger partial charge in [-0.05, 0) is 24.0 Å². The number of aromatic nitrogens is 2. The van der Waals surface area contributed by atoms with Gasteiger partial charge in [0, 0.05) is 12.5 Å². The summed E-state index contributed by atoms with van der Waals surface area (Å²) in [6.45, 7) is 0.780. The zero-order valence-corrected chi connectivity index (χ0v) is 11.5. The summed E-state index contributed by atoms with van der Waals surface area (Å²) < 4.78 is 5.38. The number of amides is 1. The zero-order chi connectivity index (χ0) is 14.2. The Bertz CT molecular complexity index is 647. The molecule has 1 saturated heterocycles. The Balaban J connectivity index is 1.50. The molecule has 2 N–H and O–H groups in total. The second-order valence-corrected chi connectivity index (χ2v) is 5.60. The van der Waals surface area contributed by atoms with Crippen LogP contribution >= 0.6 is 0 Å². The molecule has 1 fully saturated rings. The van der Waals surface area contributed by atoms with Crippen molar-refractivity contribution >= 4 is 5.91 Å². The molecule has 2 heterocycles. The number of nitrogens with zero attached hydrogens (tertiary/aromatic N) is 2. The van der Waals surface area contributed by atoms with E-state index in [4.69, 9.17) is 4.52 Å². The Morgan fingerprint density at radius 1 is 1.19 bits per heavy atom. The number of piperazine rings is 1. The predicted octanol–water partition coefficient (Wildman–Crippen LogP) is 0.713. The SMILES string of the molecule is O=C1CNC(c2nc(C3Cc4ccccc4C3)no2)CN1. The molecule has 2 aromatic rings. The lowest BCUT2D eigenvalue weighted by Crippen LogP contribution is -2.47. The first-order valence-electron chi connectivity index (χ1n) is 7.20. The number of rotatable bonds is 2. The van der Waals surface area contributed by atoms with Gasteiger partial charge in [-0.15, -0.1) is 0 Å². The van der Waals surface area contributed by atoms with Crippen molar-refractivity contribution in [1.82, 2.24) is 20.8 Å².